The molecule has 27 heavy (non-hydrogen) atoms. The highest BCUT2D eigenvalue weighted by Gasteiger charge is 2.19. The first-order chi connectivity index (χ1) is 13.3. The largest absolute Gasteiger partial charge is 0.379 e. The van der Waals surface area contributed by atoms with Gasteiger partial charge in [-0.05, 0) is 35.5 Å². The Kier molecular flexibility index (Phi) is 5.81. The minimum atomic E-state index is 0.631. The van der Waals surface area contributed by atoms with Crippen LogP contribution in [0.25, 0.3) is 0 Å². The van der Waals surface area contributed by atoms with Crippen LogP contribution in [0.1, 0.15) is 11.1 Å². The van der Waals surface area contributed by atoms with Gasteiger partial charge in [0.05, 0.1) is 25.1 Å². The van der Waals surface area contributed by atoms with Gasteiger partial charge >= 0.3 is 0 Å². The molecular formula is C20H25N5OS. The summed E-state index contributed by atoms with van der Waals surface area (Å²) >= 11 is 5.39. The Morgan fingerprint density at radius 1 is 1.07 bits per heavy atom. The summed E-state index contributed by atoms with van der Waals surface area (Å²) in [6.45, 7) is 7.25. The van der Waals surface area contributed by atoms with E-state index in [1.165, 1.54) is 11.1 Å². The Bertz CT molecular complexity index is 751. The van der Waals surface area contributed by atoms with Gasteiger partial charge in [-0.3, -0.25) is 4.90 Å². The second-order valence-corrected chi connectivity index (χ2v) is 7.27. The Hall–Kier alpha value is -2.22. The van der Waals surface area contributed by atoms with Gasteiger partial charge in [-0.15, -0.1) is 0 Å². The molecule has 0 atom stereocenters. The first-order valence-electron chi connectivity index (χ1n) is 9.41. The number of benzene rings is 1. The van der Waals surface area contributed by atoms with Gasteiger partial charge in [-0.1, -0.05) is 24.3 Å². The third-order valence-corrected chi connectivity index (χ3v) is 5.23. The molecule has 142 valence electrons. The van der Waals surface area contributed by atoms with Crippen molar-refractivity contribution in [3.05, 3.63) is 53.7 Å². The van der Waals surface area contributed by atoms with Crippen molar-refractivity contribution in [2.45, 2.75) is 13.1 Å². The highest BCUT2D eigenvalue weighted by molar-refractivity contribution is 7.80. The van der Waals surface area contributed by atoms with E-state index >= 15 is 0 Å². The van der Waals surface area contributed by atoms with Gasteiger partial charge in [-0.25, -0.2) is 4.98 Å². The van der Waals surface area contributed by atoms with Crippen molar-refractivity contribution in [2.75, 3.05) is 49.6 Å². The van der Waals surface area contributed by atoms with Crippen LogP contribution >= 0.6 is 12.2 Å². The zero-order valence-corrected chi connectivity index (χ0v) is 16.2. The van der Waals surface area contributed by atoms with Gasteiger partial charge in [0.25, 0.3) is 0 Å². The SMILES string of the molecule is S=C(NCCN1CCOCC1)Nc1ccc(N2Cc3ccccc3C2)nc1. The average molecular weight is 384 g/mol. The second-order valence-electron chi connectivity index (χ2n) is 6.86. The summed E-state index contributed by atoms with van der Waals surface area (Å²) in [4.78, 5) is 9.27. The Balaban J connectivity index is 1.24. The van der Waals surface area contributed by atoms with E-state index in [1.54, 1.807) is 0 Å². The summed E-state index contributed by atoms with van der Waals surface area (Å²) in [5, 5.41) is 7.10. The van der Waals surface area contributed by atoms with Gasteiger partial charge in [0, 0.05) is 39.3 Å². The highest BCUT2D eigenvalue weighted by Crippen LogP contribution is 2.27. The molecule has 1 saturated heterocycles. The summed E-state index contributed by atoms with van der Waals surface area (Å²) < 4.78 is 5.36. The summed E-state index contributed by atoms with van der Waals surface area (Å²) in [5.41, 5.74) is 3.67. The summed E-state index contributed by atoms with van der Waals surface area (Å²) in [5.74, 6) is 0.989. The molecule has 0 aliphatic carbocycles. The highest BCUT2D eigenvalue weighted by atomic mass is 32.1. The maximum atomic E-state index is 5.39. The molecule has 1 aromatic carbocycles. The van der Waals surface area contributed by atoms with Crippen LogP contribution in [0, 0.1) is 0 Å². The molecule has 0 unspecified atom stereocenters. The van der Waals surface area contributed by atoms with Crippen molar-refractivity contribution in [3.63, 3.8) is 0 Å². The maximum Gasteiger partial charge on any atom is 0.170 e. The van der Waals surface area contributed by atoms with Crippen LogP contribution in [-0.2, 0) is 17.8 Å². The van der Waals surface area contributed by atoms with Crippen LogP contribution < -0.4 is 15.5 Å². The predicted octanol–water partition coefficient (Wildman–Crippen LogP) is 2.22. The molecule has 0 bridgehead atoms. The van der Waals surface area contributed by atoms with Crippen molar-refractivity contribution in [2.24, 2.45) is 0 Å². The molecule has 6 nitrogen and oxygen atoms in total. The Labute approximate surface area is 165 Å². The third kappa shape index (κ3) is 4.74. The normalized spacial score (nSPS) is 16.8. The fraction of sp³-hybridized carbons (Fsp3) is 0.400. The minimum Gasteiger partial charge on any atom is -0.379 e. The molecule has 0 radical (unpaired) electrons. The Morgan fingerprint density at radius 3 is 2.48 bits per heavy atom. The number of fused-ring (bicyclic) bond motifs is 1. The number of hydrogen-bond acceptors (Lipinski definition) is 5. The van der Waals surface area contributed by atoms with E-state index in [-0.39, 0.29) is 0 Å². The number of aromatic nitrogens is 1. The summed E-state index contributed by atoms with van der Waals surface area (Å²) in [6, 6.07) is 12.6. The van der Waals surface area contributed by atoms with Crippen molar-refractivity contribution < 1.29 is 4.74 Å². The number of nitrogens with one attached hydrogen (secondary N) is 2. The zero-order valence-electron chi connectivity index (χ0n) is 15.4. The van der Waals surface area contributed by atoms with Gasteiger partial charge in [-0.2, -0.15) is 0 Å². The molecule has 2 aromatic rings. The van der Waals surface area contributed by atoms with E-state index in [0.717, 1.165) is 64.0 Å². The van der Waals surface area contributed by atoms with Crippen LogP contribution in [0.15, 0.2) is 42.6 Å². The first-order valence-corrected chi connectivity index (χ1v) is 9.81. The quantitative estimate of drug-likeness (QED) is 0.768. The van der Waals surface area contributed by atoms with Crippen LogP contribution in [0.2, 0.25) is 0 Å². The average Bonchev–Trinajstić information content (AvgIpc) is 3.13. The number of rotatable bonds is 5. The lowest BCUT2D eigenvalue weighted by Gasteiger charge is -2.26. The Morgan fingerprint density at radius 2 is 1.81 bits per heavy atom. The molecule has 7 heteroatoms. The monoisotopic (exact) mass is 383 g/mol. The molecule has 2 aliphatic rings. The number of thiocarbonyl (C=S) groups is 1. The lowest BCUT2D eigenvalue weighted by molar-refractivity contribution is 0.0389. The summed E-state index contributed by atoms with van der Waals surface area (Å²) in [7, 11) is 0. The van der Waals surface area contributed by atoms with Crippen molar-refractivity contribution >= 4 is 28.8 Å². The standard InChI is InChI=1S/C20H25N5OS/c27-20(21-7-8-24-9-11-26-12-10-24)23-18-5-6-19(22-13-18)25-14-16-3-1-2-4-17(16)15-25/h1-6,13H,7-12,14-15H2,(H2,21,23,27). The first kappa shape index (κ1) is 18.2. The fourth-order valence-corrected chi connectivity index (χ4v) is 3.69. The van der Waals surface area contributed by atoms with E-state index in [4.69, 9.17) is 17.0 Å². The molecule has 0 spiro atoms. The predicted molar refractivity (Wildman–Crippen MR) is 112 cm³/mol. The van der Waals surface area contributed by atoms with Crippen molar-refractivity contribution in [1.29, 1.82) is 0 Å². The minimum absolute atomic E-state index is 0.631. The fourth-order valence-electron chi connectivity index (χ4n) is 3.47. The van der Waals surface area contributed by atoms with E-state index < -0.39 is 0 Å². The van der Waals surface area contributed by atoms with Gasteiger partial charge < -0.3 is 20.3 Å². The molecule has 0 saturated carbocycles. The van der Waals surface area contributed by atoms with E-state index in [1.807, 2.05) is 18.3 Å². The number of pyridine rings is 1. The van der Waals surface area contributed by atoms with Crippen molar-refractivity contribution in [3.8, 4) is 0 Å². The van der Waals surface area contributed by atoms with Crippen LogP contribution in [-0.4, -0.2) is 54.4 Å². The second kappa shape index (κ2) is 8.65. The molecule has 1 fully saturated rings. The van der Waals surface area contributed by atoms with Crippen LogP contribution in [0.4, 0.5) is 11.5 Å². The smallest absolute Gasteiger partial charge is 0.170 e. The number of nitrogens with zero attached hydrogens (tertiary/aromatic N) is 3. The number of morpholine rings is 1. The lowest BCUT2D eigenvalue weighted by Crippen LogP contribution is -2.42. The van der Waals surface area contributed by atoms with Crippen LogP contribution in [0.3, 0.4) is 0 Å². The van der Waals surface area contributed by atoms with Gasteiger partial charge in [0.2, 0.25) is 0 Å². The molecule has 3 heterocycles. The number of hydrogen-bond donors (Lipinski definition) is 2. The summed E-state index contributed by atoms with van der Waals surface area (Å²) in [6.07, 6.45) is 1.84. The molecule has 4 rings (SSSR count). The maximum absolute atomic E-state index is 5.39. The molecule has 2 N–H and O–H groups in total. The van der Waals surface area contributed by atoms with E-state index in [2.05, 4.69) is 49.7 Å². The third-order valence-electron chi connectivity index (χ3n) is 4.99. The van der Waals surface area contributed by atoms with Gasteiger partial charge in [0.15, 0.2) is 5.11 Å². The van der Waals surface area contributed by atoms with Crippen LogP contribution in [0.5, 0.6) is 0 Å². The zero-order chi connectivity index (χ0) is 18.5. The molecule has 1 aromatic heterocycles. The topological polar surface area (TPSA) is 52.7 Å². The van der Waals surface area contributed by atoms with E-state index in [9.17, 15) is 0 Å². The lowest BCUT2D eigenvalue weighted by atomic mass is 10.1. The number of anilines is 2. The van der Waals surface area contributed by atoms with E-state index in [0.29, 0.717) is 5.11 Å². The molecular weight excluding hydrogens is 358 g/mol. The molecule has 2 aliphatic heterocycles. The van der Waals surface area contributed by atoms with Crippen molar-refractivity contribution in [1.82, 2.24) is 15.2 Å². The molecule has 0 amide bonds. The van der Waals surface area contributed by atoms with Gasteiger partial charge in [0.1, 0.15) is 5.82 Å². The number of ether oxygens (including phenoxy) is 1.